The van der Waals surface area contributed by atoms with Crippen LogP contribution in [0.2, 0.25) is 0 Å². The van der Waals surface area contributed by atoms with E-state index in [4.69, 9.17) is 4.74 Å². The molecule has 4 nitrogen and oxygen atoms in total. The molecule has 1 fully saturated rings. The minimum absolute atomic E-state index is 0.168. The van der Waals surface area contributed by atoms with Gasteiger partial charge in [0.25, 0.3) is 0 Å². The predicted molar refractivity (Wildman–Crippen MR) is 49.9 cm³/mol. The van der Waals surface area contributed by atoms with Gasteiger partial charge in [0.05, 0.1) is 19.3 Å². The van der Waals surface area contributed by atoms with Crippen LogP contribution < -0.4 is 5.32 Å². The molecule has 0 amide bonds. The zero-order valence-electron chi connectivity index (χ0n) is 7.90. The maximum Gasteiger partial charge on any atom is 0.146 e. The second kappa shape index (κ2) is 3.88. The number of halogens is 1. The summed E-state index contributed by atoms with van der Waals surface area (Å²) >= 11 is 0. The van der Waals surface area contributed by atoms with Crippen LogP contribution in [0.25, 0.3) is 0 Å². The van der Waals surface area contributed by atoms with Crippen molar-refractivity contribution >= 4 is 5.82 Å². The molecule has 1 aromatic heterocycles. The molecule has 2 rings (SSSR count). The van der Waals surface area contributed by atoms with E-state index in [1.165, 1.54) is 6.33 Å². The Labute approximate surface area is 81.5 Å². The smallest absolute Gasteiger partial charge is 0.146 e. The Balaban J connectivity index is 2.03. The minimum Gasteiger partial charge on any atom is -0.376 e. The highest BCUT2D eigenvalue weighted by molar-refractivity contribution is 5.36. The molecule has 2 heterocycles. The van der Waals surface area contributed by atoms with E-state index in [1.54, 1.807) is 6.07 Å². The van der Waals surface area contributed by atoms with Gasteiger partial charge in [-0.15, -0.1) is 0 Å². The topological polar surface area (TPSA) is 47.0 Å². The first-order chi connectivity index (χ1) is 6.75. The maximum atomic E-state index is 13.1. The number of alkyl halides is 1. The number of nitrogens with one attached hydrogen (secondary N) is 1. The predicted octanol–water partition coefficient (Wildman–Crippen LogP) is 0.934. The fraction of sp³-hybridized carbons (Fsp3) is 0.556. The number of hydrogen-bond acceptors (Lipinski definition) is 4. The molecule has 0 aliphatic carbocycles. The molecule has 2 atom stereocenters. The molecule has 1 aromatic rings. The first-order valence-electron chi connectivity index (χ1n) is 4.53. The van der Waals surface area contributed by atoms with Gasteiger partial charge in [0.1, 0.15) is 18.3 Å². The van der Waals surface area contributed by atoms with Crippen LogP contribution in [0.15, 0.2) is 12.4 Å². The van der Waals surface area contributed by atoms with Crippen LogP contribution in [0.5, 0.6) is 0 Å². The minimum atomic E-state index is -0.953. The molecule has 0 bridgehead atoms. The van der Waals surface area contributed by atoms with Crippen molar-refractivity contribution in [3.05, 3.63) is 18.1 Å². The van der Waals surface area contributed by atoms with Crippen LogP contribution in [-0.4, -0.2) is 35.4 Å². The Morgan fingerprint density at radius 3 is 3.00 bits per heavy atom. The number of hydrogen-bond donors (Lipinski definition) is 1. The highest BCUT2D eigenvalue weighted by Gasteiger charge is 2.27. The lowest BCUT2D eigenvalue weighted by Gasteiger charge is -2.13. The fourth-order valence-electron chi connectivity index (χ4n) is 1.38. The Kier molecular flexibility index (Phi) is 2.58. The van der Waals surface area contributed by atoms with Crippen molar-refractivity contribution in [2.45, 2.75) is 19.1 Å². The maximum absolute atomic E-state index is 13.1. The number of nitrogens with zero attached hydrogens (tertiary/aromatic N) is 2. The molecule has 14 heavy (non-hydrogen) atoms. The number of aromatic nitrogens is 2. The fourth-order valence-corrected chi connectivity index (χ4v) is 1.38. The summed E-state index contributed by atoms with van der Waals surface area (Å²) in [5, 5.41) is 2.98. The van der Waals surface area contributed by atoms with E-state index in [-0.39, 0.29) is 12.6 Å². The van der Waals surface area contributed by atoms with Gasteiger partial charge >= 0.3 is 0 Å². The van der Waals surface area contributed by atoms with Gasteiger partial charge in [-0.05, 0) is 6.92 Å². The molecule has 1 saturated heterocycles. The lowest BCUT2D eigenvalue weighted by molar-refractivity contribution is 0.173. The normalized spacial score (nSPS) is 26.4. The summed E-state index contributed by atoms with van der Waals surface area (Å²) in [6, 6.07) is 1.50. The van der Waals surface area contributed by atoms with E-state index in [9.17, 15) is 4.39 Å². The van der Waals surface area contributed by atoms with E-state index in [0.29, 0.717) is 12.4 Å². The molecule has 0 radical (unpaired) electrons. The van der Waals surface area contributed by atoms with Crippen LogP contribution in [0.1, 0.15) is 5.69 Å². The van der Waals surface area contributed by atoms with Gasteiger partial charge in [-0.2, -0.15) is 0 Å². The van der Waals surface area contributed by atoms with Gasteiger partial charge in [-0.25, -0.2) is 14.4 Å². The van der Waals surface area contributed by atoms with Gasteiger partial charge in [0, 0.05) is 11.8 Å². The first-order valence-corrected chi connectivity index (χ1v) is 4.53. The SMILES string of the molecule is Cc1cc(NC2COCC2F)ncn1. The van der Waals surface area contributed by atoms with Gasteiger partial charge in [0.2, 0.25) is 0 Å². The van der Waals surface area contributed by atoms with Crippen molar-refractivity contribution in [2.24, 2.45) is 0 Å². The summed E-state index contributed by atoms with van der Waals surface area (Å²) in [4.78, 5) is 7.95. The Morgan fingerprint density at radius 2 is 2.36 bits per heavy atom. The molecule has 0 saturated carbocycles. The number of rotatable bonds is 2. The van der Waals surface area contributed by atoms with Gasteiger partial charge in [-0.1, -0.05) is 0 Å². The van der Waals surface area contributed by atoms with E-state index < -0.39 is 6.17 Å². The number of anilines is 1. The summed E-state index contributed by atoms with van der Waals surface area (Å²) in [7, 11) is 0. The highest BCUT2D eigenvalue weighted by atomic mass is 19.1. The van der Waals surface area contributed by atoms with E-state index in [2.05, 4.69) is 15.3 Å². The van der Waals surface area contributed by atoms with E-state index >= 15 is 0 Å². The summed E-state index contributed by atoms with van der Waals surface area (Å²) in [5.74, 6) is 0.649. The lowest BCUT2D eigenvalue weighted by Crippen LogP contribution is -2.29. The summed E-state index contributed by atoms with van der Waals surface area (Å²) in [5.41, 5.74) is 0.858. The quantitative estimate of drug-likeness (QED) is 0.766. The third-order valence-corrected chi connectivity index (χ3v) is 2.15. The molecular formula is C9H12FN3O. The summed E-state index contributed by atoms with van der Waals surface area (Å²) in [6.45, 7) is 2.43. The Bertz CT molecular complexity index is 321. The van der Waals surface area contributed by atoms with Gasteiger partial charge < -0.3 is 10.1 Å². The van der Waals surface area contributed by atoms with Crippen LogP contribution in [0.3, 0.4) is 0 Å². The van der Waals surface area contributed by atoms with E-state index in [0.717, 1.165) is 5.69 Å². The average Bonchev–Trinajstić information content (AvgIpc) is 2.52. The van der Waals surface area contributed by atoms with Crippen LogP contribution in [0, 0.1) is 6.92 Å². The zero-order valence-corrected chi connectivity index (χ0v) is 7.90. The average molecular weight is 197 g/mol. The third-order valence-electron chi connectivity index (χ3n) is 2.15. The van der Waals surface area contributed by atoms with Crippen molar-refractivity contribution in [1.82, 2.24) is 9.97 Å². The molecule has 2 unspecified atom stereocenters. The number of ether oxygens (including phenoxy) is 1. The standard InChI is InChI=1S/C9H12FN3O/c1-6-2-9(12-5-11-6)13-8-4-14-3-7(8)10/h2,5,7-8H,3-4H2,1H3,(H,11,12,13). The molecule has 5 heteroatoms. The van der Waals surface area contributed by atoms with Crippen molar-refractivity contribution in [3.8, 4) is 0 Å². The third kappa shape index (κ3) is 1.98. The number of aryl methyl sites for hydroxylation is 1. The van der Waals surface area contributed by atoms with Gasteiger partial charge in [-0.3, -0.25) is 0 Å². The zero-order chi connectivity index (χ0) is 9.97. The lowest BCUT2D eigenvalue weighted by atomic mass is 10.2. The van der Waals surface area contributed by atoms with Crippen LogP contribution in [-0.2, 0) is 4.74 Å². The molecule has 0 spiro atoms. The summed E-state index contributed by atoms with van der Waals surface area (Å²) in [6.07, 6.45) is 0.506. The largest absolute Gasteiger partial charge is 0.376 e. The Morgan fingerprint density at radius 1 is 1.50 bits per heavy atom. The Hall–Kier alpha value is -1.23. The van der Waals surface area contributed by atoms with Crippen molar-refractivity contribution in [3.63, 3.8) is 0 Å². The van der Waals surface area contributed by atoms with Crippen molar-refractivity contribution in [2.75, 3.05) is 18.5 Å². The molecule has 1 aliphatic heterocycles. The monoisotopic (exact) mass is 197 g/mol. The molecule has 0 aromatic carbocycles. The van der Waals surface area contributed by atoms with Crippen molar-refractivity contribution < 1.29 is 9.13 Å². The van der Waals surface area contributed by atoms with Crippen LogP contribution in [0.4, 0.5) is 10.2 Å². The summed E-state index contributed by atoms with van der Waals surface area (Å²) < 4.78 is 18.1. The molecular weight excluding hydrogens is 185 g/mol. The molecule has 1 aliphatic rings. The second-order valence-corrected chi connectivity index (χ2v) is 3.35. The second-order valence-electron chi connectivity index (χ2n) is 3.35. The van der Waals surface area contributed by atoms with Crippen molar-refractivity contribution in [1.29, 1.82) is 0 Å². The molecule has 76 valence electrons. The van der Waals surface area contributed by atoms with Crippen LogP contribution >= 0.6 is 0 Å². The van der Waals surface area contributed by atoms with Gasteiger partial charge in [0.15, 0.2) is 0 Å². The first kappa shape index (κ1) is 9.33. The molecule has 1 N–H and O–H groups in total. The highest BCUT2D eigenvalue weighted by Crippen LogP contribution is 2.14. The van der Waals surface area contributed by atoms with E-state index in [1.807, 2.05) is 6.92 Å².